The van der Waals surface area contributed by atoms with Crippen molar-refractivity contribution in [1.82, 2.24) is 0 Å². The molecule has 1 aromatic carbocycles. The monoisotopic (exact) mass is 205 g/mol. The van der Waals surface area contributed by atoms with E-state index in [1.807, 2.05) is 0 Å². The highest BCUT2D eigenvalue weighted by molar-refractivity contribution is 5.33. The van der Waals surface area contributed by atoms with Crippen molar-refractivity contribution in [2.75, 3.05) is 6.54 Å². The zero-order valence-electron chi connectivity index (χ0n) is 10.4. The lowest BCUT2D eigenvalue weighted by molar-refractivity contribution is 0.458. The fourth-order valence-corrected chi connectivity index (χ4v) is 2.07. The third kappa shape index (κ3) is 3.07. The highest BCUT2D eigenvalue weighted by Crippen LogP contribution is 2.29. The SMILES string of the molecule is Cc1ccc(C)c(C(C)C(C)CCN)c1. The molecule has 1 nitrogen and oxygen atoms in total. The topological polar surface area (TPSA) is 26.0 Å². The van der Waals surface area contributed by atoms with E-state index in [9.17, 15) is 0 Å². The molecule has 0 aromatic heterocycles. The molecule has 84 valence electrons. The van der Waals surface area contributed by atoms with Crippen molar-refractivity contribution in [2.45, 2.75) is 40.0 Å². The Kier molecular flexibility index (Phi) is 4.34. The maximum Gasteiger partial charge on any atom is -0.00745 e. The van der Waals surface area contributed by atoms with E-state index < -0.39 is 0 Å². The van der Waals surface area contributed by atoms with Crippen molar-refractivity contribution in [3.63, 3.8) is 0 Å². The third-order valence-corrected chi connectivity index (χ3v) is 3.40. The van der Waals surface area contributed by atoms with Gasteiger partial charge >= 0.3 is 0 Å². The Morgan fingerprint density at radius 3 is 2.47 bits per heavy atom. The molecule has 0 saturated heterocycles. The predicted molar refractivity (Wildman–Crippen MR) is 67.2 cm³/mol. The van der Waals surface area contributed by atoms with Gasteiger partial charge in [-0.2, -0.15) is 0 Å². The normalized spacial score (nSPS) is 15.0. The second-order valence-corrected chi connectivity index (χ2v) is 4.70. The molecule has 1 aromatic rings. The average molecular weight is 205 g/mol. The number of aryl methyl sites for hydroxylation is 2. The van der Waals surface area contributed by atoms with Crippen LogP contribution in [0.3, 0.4) is 0 Å². The molecule has 0 aliphatic heterocycles. The van der Waals surface area contributed by atoms with E-state index in [4.69, 9.17) is 5.73 Å². The Labute approximate surface area is 93.7 Å². The third-order valence-electron chi connectivity index (χ3n) is 3.40. The first-order chi connectivity index (χ1) is 7.06. The van der Waals surface area contributed by atoms with E-state index in [1.54, 1.807) is 0 Å². The van der Waals surface area contributed by atoms with E-state index in [0.29, 0.717) is 11.8 Å². The fraction of sp³-hybridized carbons (Fsp3) is 0.571. The first kappa shape index (κ1) is 12.3. The quantitative estimate of drug-likeness (QED) is 0.801. The van der Waals surface area contributed by atoms with Crippen LogP contribution in [0.2, 0.25) is 0 Å². The van der Waals surface area contributed by atoms with Gasteiger partial charge in [-0.25, -0.2) is 0 Å². The molecule has 2 atom stereocenters. The standard InChI is InChI=1S/C14H23N/c1-10-5-6-12(3)14(9-10)13(4)11(2)7-8-15/h5-6,9,11,13H,7-8,15H2,1-4H3. The largest absolute Gasteiger partial charge is 0.330 e. The summed E-state index contributed by atoms with van der Waals surface area (Å²) in [6.45, 7) is 9.74. The van der Waals surface area contributed by atoms with Crippen LogP contribution in [0.1, 0.15) is 42.9 Å². The predicted octanol–water partition coefficient (Wildman–Crippen LogP) is 3.39. The average Bonchev–Trinajstić information content (AvgIpc) is 2.21. The van der Waals surface area contributed by atoms with Crippen LogP contribution in [0.5, 0.6) is 0 Å². The summed E-state index contributed by atoms with van der Waals surface area (Å²) >= 11 is 0. The summed E-state index contributed by atoms with van der Waals surface area (Å²) in [4.78, 5) is 0. The van der Waals surface area contributed by atoms with Crippen molar-refractivity contribution >= 4 is 0 Å². The molecule has 0 aliphatic rings. The van der Waals surface area contributed by atoms with Gasteiger partial charge in [0.2, 0.25) is 0 Å². The van der Waals surface area contributed by atoms with Gasteiger partial charge in [0.05, 0.1) is 0 Å². The van der Waals surface area contributed by atoms with Gasteiger partial charge in [0.1, 0.15) is 0 Å². The Hall–Kier alpha value is -0.820. The lowest BCUT2D eigenvalue weighted by Gasteiger charge is -2.22. The van der Waals surface area contributed by atoms with Crippen molar-refractivity contribution in [3.05, 3.63) is 34.9 Å². The van der Waals surface area contributed by atoms with Gasteiger partial charge < -0.3 is 5.73 Å². The maximum absolute atomic E-state index is 5.61. The summed E-state index contributed by atoms with van der Waals surface area (Å²) in [5.41, 5.74) is 9.85. The van der Waals surface area contributed by atoms with Crippen LogP contribution in [-0.4, -0.2) is 6.54 Å². The van der Waals surface area contributed by atoms with Gasteiger partial charge in [0.25, 0.3) is 0 Å². The van der Waals surface area contributed by atoms with Gasteiger partial charge in [0.15, 0.2) is 0 Å². The molecule has 2 N–H and O–H groups in total. The zero-order chi connectivity index (χ0) is 11.4. The molecular weight excluding hydrogens is 182 g/mol. The lowest BCUT2D eigenvalue weighted by atomic mass is 9.84. The summed E-state index contributed by atoms with van der Waals surface area (Å²) in [5.74, 6) is 1.27. The van der Waals surface area contributed by atoms with E-state index in [-0.39, 0.29) is 0 Å². The van der Waals surface area contributed by atoms with Gasteiger partial charge in [-0.05, 0) is 49.8 Å². The van der Waals surface area contributed by atoms with E-state index >= 15 is 0 Å². The van der Waals surface area contributed by atoms with Crippen molar-refractivity contribution in [3.8, 4) is 0 Å². The molecule has 0 heterocycles. The Bertz CT molecular complexity index is 317. The summed E-state index contributed by atoms with van der Waals surface area (Å²) in [7, 11) is 0. The fourth-order valence-electron chi connectivity index (χ4n) is 2.07. The minimum Gasteiger partial charge on any atom is -0.330 e. The smallest absolute Gasteiger partial charge is 0.00745 e. The Morgan fingerprint density at radius 1 is 1.20 bits per heavy atom. The summed E-state index contributed by atoms with van der Waals surface area (Å²) in [5, 5.41) is 0. The zero-order valence-corrected chi connectivity index (χ0v) is 10.4. The molecule has 15 heavy (non-hydrogen) atoms. The number of nitrogens with two attached hydrogens (primary N) is 1. The molecule has 0 aliphatic carbocycles. The van der Waals surface area contributed by atoms with E-state index in [1.165, 1.54) is 16.7 Å². The maximum atomic E-state index is 5.61. The summed E-state index contributed by atoms with van der Waals surface area (Å²) < 4.78 is 0. The molecule has 1 rings (SSSR count). The first-order valence-corrected chi connectivity index (χ1v) is 5.83. The number of hydrogen-bond acceptors (Lipinski definition) is 1. The minimum absolute atomic E-state index is 0.605. The van der Waals surface area contributed by atoms with E-state index in [0.717, 1.165) is 13.0 Å². The second-order valence-electron chi connectivity index (χ2n) is 4.70. The van der Waals surface area contributed by atoms with Crippen LogP contribution in [0.15, 0.2) is 18.2 Å². The van der Waals surface area contributed by atoms with Crippen molar-refractivity contribution < 1.29 is 0 Å². The van der Waals surface area contributed by atoms with Crippen LogP contribution in [0.4, 0.5) is 0 Å². The van der Waals surface area contributed by atoms with Gasteiger partial charge in [-0.3, -0.25) is 0 Å². The molecule has 0 fully saturated rings. The molecule has 0 radical (unpaired) electrons. The lowest BCUT2D eigenvalue weighted by Crippen LogP contribution is -2.13. The molecule has 0 saturated carbocycles. The second kappa shape index (κ2) is 5.32. The number of rotatable bonds is 4. The number of hydrogen-bond donors (Lipinski definition) is 1. The molecule has 1 heteroatoms. The Morgan fingerprint density at radius 2 is 1.87 bits per heavy atom. The van der Waals surface area contributed by atoms with Gasteiger partial charge in [0, 0.05) is 0 Å². The van der Waals surface area contributed by atoms with E-state index in [2.05, 4.69) is 45.9 Å². The van der Waals surface area contributed by atoms with Crippen LogP contribution < -0.4 is 5.73 Å². The Balaban J connectivity index is 2.89. The van der Waals surface area contributed by atoms with Crippen LogP contribution in [0.25, 0.3) is 0 Å². The molecular formula is C14H23N. The highest BCUT2D eigenvalue weighted by Gasteiger charge is 2.15. The van der Waals surface area contributed by atoms with Gasteiger partial charge in [-0.1, -0.05) is 37.6 Å². The van der Waals surface area contributed by atoms with Crippen LogP contribution in [0, 0.1) is 19.8 Å². The van der Waals surface area contributed by atoms with Gasteiger partial charge in [-0.15, -0.1) is 0 Å². The molecule has 2 unspecified atom stereocenters. The first-order valence-electron chi connectivity index (χ1n) is 5.83. The summed E-state index contributed by atoms with van der Waals surface area (Å²) in [6.07, 6.45) is 1.11. The summed E-state index contributed by atoms with van der Waals surface area (Å²) in [6, 6.07) is 6.71. The number of benzene rings is 1. The minimum atomic E-state index is 0.605. The van der Waals surface area contributed by atoms with Crippen molar-refractivity contribution in [1.29, 1.82) is 0 Å². The highest BCUT2D eigenvalue weighted by atomic mass is 14.5. The van der Waals surface area contributed by atoms with Crippen molar-refractivity contribution in [2.24, 2.45) is 11.7 Å². The van der Waals surface area contributed by atoms with Crippen LogP contribution >= 0.6 is 0 Å². The molecule has 0 bridgehead atoms. The van der Waals surface area contributed by atoms with Crippen LogP contribution in [-0.2, 0) is 0 Å². The molecule has 0 amide bonds. The molecule has 0 spiro atoms.